The number of carbonyl (C=O) groups is 1. The van der Waals surface area contributed by atoms with Gasteiger partial charge in [0.25, 0.3) is 0 Å². The summed E-state index contributed by atoms with van der Waals surface area (Å²) in [4.78, 5) is 18.0. The quantitative estimate of drug-likeness (QED) is 0.117. The van der Waals surface area contributed by atoms with Crippen LogP contribution in [0, 0.1) is 6.92 Å². The normalized spacial score (nSPS) is 17.2. The van der Waals surface area contributed by atoms with E-state index in [-0.39, 0.29) is 5.78 Å². The number of hydrogen-bond acceptors (Lipinski definition) is 4. The van der Waals surface area contributed by atoms with Crippen molar-refractivity contribution in [3.05, 3.63) is 87.6 Å². The molecule has 0 saturated carbocycles. The van der Waals surface area contributed by atoms with Crippen LogP contribution in [0.2, 0.25) is 13.1 Å². The highest BCUT2D eigenvalue weighted by atomic mass is 28.3. The molecule has 0 spiro atoms. The van der Waals surface area contributed by atoms with Crippen LogP contribution >= 0.6 is 0 Å². The summed E-state index contributed by atoms with van der Waals surface area (Å²) in [6.07, 6.45) is 22.0. The van der Waals surface area contributed by atoms with Crippen molar-refractivity contribution in [1.29, 1.82) is 0 Å². The van der Waals surface area contributed by atoms with E-state index in [2.05, 4.69) is 86.1 Å². The van der Waals surface area contributed by atoms with Crippen molar-refractivity contribution < 1.29 is 9.53 Å². The molecule has 0 atom stereocenters. The van der Waals surface area contributed by atoms with Crippen LogP contribution < -0.4 is 10.1 Å². The summed E-state index contributed by atoms with van der Waals surface area (Å²) in [5.41, 5.74) is 9.20. The average Bonchev–Trinajstić information content (AvgIpc) is 3.09. The number of ketones is 1. The zero-order valence-corrected chi connectivity index (χ0v) is 31.8. The third-order valence-corrected chi connectivity index (χ3v) is 14.4. The molecule has 2 aliphatic heterocycles. The van der Waals surface area contributed by atoms with Crippen LogP contribution in [0.4, 0.5) is 5.69 Å². The van der Waals surface area contributed by atoms with Gasteiger partial charge in [0, 0.05) is 25.3 Å². The van der Waals surface area contributed by atoms with E-state index in [1.54, 1.807) is 6.08 Å². The molecule has 260 valence electrons. The number of unbranched alkanes of at least 4 members (excludes halogenated alkanes) is 10. The zero-order chi connectivity index (χ0) is 33.9. The maximum absolute atomic E-state index is 12.8. The van der Waals surface area contributed by atoms with Crippen molar-refractivity contribution >= 4 is 30.3 Å². The highest BCUT2D eigenvalue weighted by Gasteiger charge is 2.40. The Labute approximate surface area is 293 Å². The minimum absolute atomic E-state index is 0.115. The summed E-state index contributed by atoms with van der Waals surface area (Å²) in [6, 6.07) is 14.3. The van der Waals surface area contributed by atoms with Gasteiger partial charge in [0.2, 0.25) is 0 Å². The van der Waals surface area contributed by atoms with Crippen LogP contribution in [0.25, 0.3) is 5.57 Å². The van der Waals surface area contributed by atoms with Crippen LogP contribution in [0.1, 0.15) is 113 Å². The molecule has 5 heteroatoms. The SMILES string of the molecule is CCCCCCCCN(CCCCCCCC)Cc1ccc(C2=C3C=CC(=O)C=C3[Si](C)(C)c3cc(N4CCOCC4)ccc32)c(C)c1. The summed E-state index contributed by atoms with van der Waals surface area (Å²) in [7, 11) is -2.12. The van der Waals surface area contributed by atoms with Gasteiger partial charge in [-0.3, -0.25) is 9.69 Å². The molecule has 0 radical (unpaired) electrons. The van der Waals surface area contributed by atoms with Crippen molar-refractivity contribution in [2.75, 3.05) is 44.3 Å². The second kappa shape index (κ2) is 17.8. The molecule has 4 nitrogen and oxygen atoms in total. The summed E-state index contributed by atoms with van der Waals surface area (Å²) < 4.78 is 5.66. The summed E-state index contributed by atoms with van der Waals surface area (Å²) in [5.74, 6) is 0.115. The number of allylic oxidation sites excluding steroid dienone is 5. The molecule has 1 aliphatic carbocycles. The number of rotatable bonds is 18. The number of aryl methyl sites for hydroxylation is 1. The van der Waals surface area contributed by atoms with Gasteiger partial charge in [-0.15, -0.1) is 0 Å². The van der Waals surface area contributed by atoms with Gasteiger partial charge >= 0.3 is 0 Å². The van der Waals surface area contributed by atoms with Gasteiger partial charge in [-0.25, -0.2) is 0 Å². The molecule has 0 N–H and O–H groups in total. The number of benzene rings is 2. The van der Waals surface area contributed by atoms with Crippen LogP contribution in [-0.4, -0.2) is 58.1 Å². The third-order valence-electron chi connectivity index (χ3n) is 10.9. The average molecular weight is 667 g/mol. The van der Waals surface area contributed by atoms with Crippen LogP contribution in [0.5, 0.6) is 0 Å². The molecule has 3 aliphatic rings. The summed E-state index contributed by atoms with van der Waals surface area (Å²) in [5, 5.41) is 2.70. The van der Waals surface area contributed by atoms with Crippen LogP contribution in [0.3, 0.4) is 0 Å². The highest BCUT2D eigenvalue weighted by Crippen LogP contribution is 2.42. The van der Waals surface area contributed by atoms with Gasteiger partial charge in [0.15, 0.2) is 5.78 Å². The van der Waals surface area contributed by atoms with Crippen molar-refractivity contribution in [3.63, 3.8) is 0 Å². The first-order valence-electron chi connectivity index (χ1n) is 19.3. The predicted octanol–water partition coefficient (Wildman–Crippen LogP) is 9.69. The topological polar surface area (TPSA) is 32.8 Å². The molecular formula is C43H62N2O2Si. The molecule has 1 saturated heterocycles. The first-order chi connectivity index (χ1) is 23.3. The first kappa shape index (κ1) is 36.5. The van der Waals surface area contributed by atoms with Gasteiger partial charge in [-0.1, -0.05) is 121 Å². The Balaban J connectivity index is 1.40. The molecular weight excluding hydrogens is 605 g/mol. The van der Waals surface area contributed by atoms with E-state index >= 15 is 0 Å². The fourth-order valence-electron chi connectivity index (χ4n) is 7.99. The Morgan fingerprint density at radius 3 is 2.04 bits per heavy atom. The molecule has 0 amide bonds. The van der Waals surface area contributed by atoms with Crippen LogP contribution in [-0.2, 0) is 16.1 Å². The molecule has 2 aromatic carbocycles. The zero-order valence-electron chi connectivity index (χ0n) is 30.8. The van der Waals surface area contributed by atoms with Gasteiger partial charge in [-0.05, 0) is 101 Å². The summed E-state index contributed by atoms with van der Waals surface area (Å²) >= 11 is 0. The minimum Gasteiger partial charge on any atom is -0.378 e. The van der Waals surface area contributed by atoms with E-state index in [9.17, 15) is 4.79 Å². The first-order valence-corrected chi connectivity index (χ1v) is 22.3. The molecule has 0 aromatic heterocycles. The van der Waals surface area contributed by atoms with E-state index < -0.39 is 8.07 Å². The van der Waals surface area contributed by atoms with Crippen molar-refractivity contribution in [2.45, 2.75) is 117 Å². The van der Waals surface area contributed by atoms with E-state index in [0.717, 1.165) is 32.8 Å². The molecule has 2 aromatic rings. The Kier molecular flexibility index (Phi) is 13.5. The number of morpholine rings is 1. The maximum Gasteiger partial charge on any atom is 0.178 e. The highest BCUT2D eigenvalue weighted by molar-refractivity contribution is 6.98. The number of fused-ring (bicyclic) bond motifs is 2. The second-order valence-corrected chi connectivity index (χ2v) is 19.3. The number of nitrogens with zero attached hydrogens (tertiary/aromatic N) is 2. The monoisotopic (exact) mass is 666 g/mol. The molecule has 5 rings (SSSR count). The third kappa shape index (κ3) is 9.08. The Morgan fingerprint density at radius 2 is 1.40 bits per heavy atom. The molecule has 1 fully saturated rings. The number of anilines is 1. The smallest absolute Gasteiger partial charge is 0.178 e. The number of carbonyl (C=O) groups excluding carboxylic acids is 1. The van der Waals surface area contributed by atoms with E-state index in [0.29, 0.717) is 0 Å². The minimum atomic E-state index is -2.12. The van der Waals surface area contributed by atoms with E-state index in [1.807, 2.05) is 6.08 Å². The predicted molar refractivity (Wildman–Crippen MR) is 208 cm³/mol. The lowest BCUT2D eigenvalue weighted by atomic mass is 9.87. The Hall–Kier alpha value is -2.73. The van der Waals surface area contributed by atoms with E-state index in [4.69, 9.17) is 4.74 Å². The fourth-order valence-corrected chi connectivity index (χ4v) is 11.1. The summed E-state index contributed by atoms with van der Waals surface area (Å²) in [6.45, 7) is 18.5. The molecule has 48 heavy (non-hydrogen) atoms. The lowest BCUT2D eigenvalue weighted by molar-refractivity contribution is -0.110. The molecule has 2 heterocycles. The Morgan fingerprint density at radius 1 is 0.771 bits per heavy atom. The van der Waals surface area contributed by atoms with Crippen molar-refractivity contribution in [1.82, 2.24) is 4.90 Å². The fraction of sp³-hybridized carbons (Fsp3) is 0.558. The standard InChI is InChI=1S/C43H62N2O2Si/c1-6-8-10-12-14-16-24-44(25-17-15-13-11-9-7-2)33-35-18-21-38(34(3)30-35)43-39-22-19-36(45-26-28-47-29-27-45)31-41(39)48(4,5)42-32-37(46)20-23-40(42)43/h18-23,30-32H,6-17,24-29,33H2,1-5H3. The van der Waals surface area contributed by atoms with E-state index in [1.165, 1.54) is 140 Å². The lowest BCUT2D eigenvalue weighted by Crippen LogP contribution is -2.50. The maximum atomic E-state index is 12.8. The van der Waals surface area contributed by atoms with Gasteiger partial charge in [0.05, 0.1) is 13.2 Å². The van der Waals surface area contributed by atoms with Crippen molar-refractivity contribution in [2.24, 2.45) is 0 Å². The number of ether oxygens (including phenoxy) is 1. The molecule has 0 unspecified atom stereocenters. The second-order valence-electron chi connectivity index (χ2n) is 15.0. The number of hydrogen-bond donors (Lipinski definition) is 0. The van der Waals surface area contributed by atoms with Crippen LogP contribution in [0.15, 0.2) is 65.4 Å². The Bertz CT molecular complexity index is 1460. The largest absolute Gasteiger partial charge is 0.378 e. The lowest BCUT2D eigenvalue weighted by Gasteiger charge is -2.39. The van der Waals surface area contributed by atoms with Gasteiger partial charge < -0.3 is 9.64 Å². The van der Waals surface area contributed by atoms with Crippen molar-refractivity contribution in [3.8, 4) is 0 Å². The molecule has 0 bridgehead atoms. The van der Waals surface area contributed by atoms with Gasteiger partial charge in [-0.2, -0.15) is 0 Å². The van der Waals surface area contributed by atoms with Gasteiger partial charge in [0.1, 0.15) is 8.07 Å².